The molecule has 172 valence electrons. The summed E-state index contributed by atoms with van der Waals surface area (Å²) in [7, 11) is 0. The van der Waals surface area contributed by atoms with Gasteiger partial charge in [0.1, 0.15) is 24.7 Å². The summed E-state index contributed by atoms with van der Waals surface area (Å²) >= 11 is 0. The highest BCUT2D eigenvalue weighted by atomic mass is 16.5. The van der Waals surface area contributed by atoms with Gasteiger partial charge in [-0.3, -0.25) is 9.59 Å². The second-order valence-electron chi connectivity index (χ2n) is 7.28. The van der Waals surface area contributed by atoms with E-state index >= 15 is 0 Å². The van der Waals surface area contributed by atoms with Crippen LogP contribution in [0.15, 0.2) is 78.9 Å². The molecule has 0 fully saturated rings. The molecule has 0 bridgehead atoms. The second kappa shape index (κ2) is 12.8. The molecule has 0 spiro atoms. The molecule has 0 saturated carbocycles. The van der Waals surface area contributed by atoms with E-state index in [0.29, 0.717) is 31.1 Å². The van der Waals surface area contributed by atoms with E-state index in [0.717, 1.165) is 23.5 Å². The number of rotatable bonds is 12. The molecule has 33 heavy (non-hydrogen) atoms. The summed E-state index contributed by atoms with van der Waals surface area (Å²) in [5, 5.41) is 8.78. The molecule has 0 aliphatic rings. The van der Waals surface area contributed by atoms with Crippen LogP contribution < -0.4 is 25.4 Å². The highest BCUT2D eigenvalue weighted by Gasteiger charge is 2.08. The Balaban J connectivity index is 1.44. The number of benzene rings is 3. The minimum absolute atomic E-state index is 0.00917. The number of carbonyl (C=O) groups excluding carboxylic acids is 2. The van der Waals surface area contributed by atoms with Crippen molar-refractivity contribution in [2.75, 3.05) is 35.7 Å². The second-order valence-corrected chi connectivity index (χ2v) is 7.28. The smallest absolute Gasteiger partial charge is 0.243 e. The van der Waals surface area contributed by atoms with E-state index < -0.39 is 0 Å². The van der Waals surface area contributed by atoms with Crippen molar-refractivity contribution >= 4 is 28.9 Å². The zero-order valence-corrected chi connectivity index (χ0v) is 18.7. The van der Waals surface area contributed by atoms with Gasteiger partial charge in [-0.25, -0.2) is 0 Å². The van der Waals surface area contributed by atoms with Crippen molar-refractivity contribution in [2.24, 2.45) is 0 Å². The van der Waals surface area contributed by atoms with Crippen LogP contribution in [0.4, 0.5) is 17.1 Å². The molecule has 2 amide bonds. The topological polar surface area (TPSA) is 88.7 Å². The summed E-state index contributed by atoms with van der Waals surface area (Å²) in [6.45, 7) is 2.79. The van der Waals surface area contributed by atoms with E-state index in [1.807, 2.05) is 61.5 Å². The van der Waals surface area contributed by atoms with Gasteiger partial charge in [0.05, 0.1) is 12.2 Å². The van der Waals surface area contributed by atoms with E-state index in [2.05, 4.69) is 16.0 Å². The number of ether oxygens (including phenoxy) is 2. The summed E-state index contributed by atoms with van der Waals surface area (Å²) in [6, 6.07) is 24.0. The SMILES string of the molecule is CCCC(=O)Nc1ccc(NCC(=O)Nc2ccccc2OCCOc2ccccc2)cc1. The lowest BCUT2D eigenvalue weighted by Gasteiger charge is -2.13. The predicted molar refractivity (Wildman–Crippen MR) is 131 cm³/mol. The molecule has 3 N–H and O–H groups in total. The molecule has 0 aliphatic carbocycles. The summed E-state index contributed by atoms with van der Waals surface area (Å²) in [4.78, 5) is 24.1. The van der Waals surface area contributed by atoms with Crippen LogP contribution in [-0.4, -0.2) is 31.6 Å². The van der Waals surface area contributed by atoms with Gasteiger partial charge >= 0.3 is 0 Å². The maximum absolute atomic E-state index is 12.4. The fourth-order valence-electron chi connectivity index (χ4n) is 3.02. The molecule has 3 aromatic rings. The maximum Gasteiger partial charge on any atom is 0.243 e. The Hall–Kier alpha value is -4.00. The molecule has 0 unspecified atom stereocenters. The fraction of sp³-hybridized carbons (Fsp3) is 0.231. The lowest BCUT2D eigenvalue weighted by atomic mass is 10.2. The van der Waals surface area contributed by atoms with Gasteiger partial charge in [-0.1, -0.05) is 37.3 Å². The monoisotopic (exact) mass is 447 g/mol. The van der Waals surface area contributed by atoms with E-state index in [4.69, 9.17) is 9.47 Å². The van der Waals surface area contributed by atoms with Crippen molar-refractivity contribution in [2.45, 2.75) is 19.8 Å². The zero-order valence-electron chi connectivity index (χ0n) is 18.7. The molecule has 3 rings (SSSR count). The van der Waals surface area contributed by atoms with Crippen molar-refractivity contribution in [3.05, 3.63) is 78.9 Å². The minimum atomic E-state index is -0.202. The Morgan fingerprint density at radius 2 is 1.39 bits per heavy atom. The van der Waals surface area contributed by atoms with E-state index in [1.54, 1.807) is 24.3 Å². The molecule has 7 nitrogen and oxygen atoms in total. The molecule has 0 radical (unpaired) electrons. The van der Waals surface area contributed by atoms with Crippen LogP contribution in [0.25, 0.3) is 0 Å². The largest absolute Gasteiger partial charge is 0.490 e. The van der Waals surface area contributed by atoms with Crippen LogP contribution in [0.5, 0.6) is 11.5 Å². The molecule has 0 atom stereocenters. The van der Waals surface area contributed by atoms with Crippen LogP contribution in [-0.2, 0) is 9.59 Å². The average Bonchev–Trinajstić information content (AvgIpc) is 2.83. The number of nitrogens with one attached hydrogen (secondary N) is 3. The fourth-order valence-corrected chi connectivity index (χ4v) is 3.02. The summed E-state index contributed by atoms with van der Waals surface area (Å²) in [5.74, 6) is 1.15. The first-order chi connectivity index (χ1) is 16.1. The molecule has 0 heterocycles. The first kappa shape index (κ1) is 23.7. The molecular weight excluding hydrogens is 418 g/mol. The average molecular weight is 448 g/mol. The molecule has 0 aromatic heterocycles. The Morgan fingerprint density at radius 1 is 0.727 bits per heavy atom. The molecular formula is C26H29N3O4. The lowest BCUT2D eigenvalue weighted by Crippen LogP contribution is -2.22. The Labute approximate surface area is 194 Å². The van der Waals surface area contributed by atoms with E-state index in [9.17, 15) is 9.59 Å². The number of anilines is 3. The normalized spacial score (nSPS) is 10.2. The molecule has 0 saturated heterocycles. The van der Waals surface area contributed by atoms with Gasteiger partial charge in [0, 0.05) is 17.8 Å². The summed E-state index contributed by atoms with van der Waals surface area (Å²) in [6.07, 6.45) is 1.29. The Morgan fingerprint density at radius 3 is 2.15 bits per heavy atom. The van der Waals surface area contributed by atoms with Crippen molar-refractivity contribution in [3.8, 4) is 11.5 Å². The Bertz CT molecular complexity index is 1020. The zero-order chi connectivity index (χ0) is 23.3. The van der Waals surface area contributed by atoms with Crippen LogP contribution >= 0.6 is 0 Å². The van der Waals surface area contributed by atoms with Crippen LogP contribution in [0.1, 0.15) is 19.8 Å². The third kappa shape index (κ3) is 8.22. The van der Waals surface area contributed by atoms with Gasteiger partial charge in [-0.2, -0.15) is 0 Å². The number of amides is 2. The maximum atomic E-state index is 12.4. The molecule has 3 aromatic carbocycles. The molecule has 7 heteroatoms. The first-order valence-electron chi connectivity index (χ1n) is 11.0. The Kier molecular flexibility index (Phi) is 9.15. The summed E-state index contributed by atoms with van der Waals surface area (Å²) in [5.41, 5.74) is 2.10. The molecule has 0 aliphatic heterocycles. The van der Waals surface area contributed by atoms with Crippen molar-refractivity contribution in [3.63, 3.8) is 0 Å². The van der Waals surface area contributed by atoms with E-state index in [-0.39, 0.29) is 18.4 Å². The number of para-hydroxylation sites is 3. The van der Waals surface area contributed by atoms with Gasteiger partial charge in [0.2, 0.25) is 11.8 Å². The number of hydrogen-bond acceptors (Lipinski definition) is 5. The van der Waals surface area contributed by atoms with Gasteiger partial charge in [0.15, 0.2) is 0 Å². The van der Waals surface area contributed by atoms with Crippen molar-refractivity contribution in [1.29, 1.82) is 0 Å². The van der Waals surface area contributed by atoms with Crippen molar-refractivity contribution in [1.82, 2.24) is 0 Å². The minimum Gasteiger partial charge on any atom is -0.490 e. The van der Waals surface area contributed by atoms with Gasteiger partial charge in [-0.15, -0.1) is 0 Å². The standard InChI is InChI=1S/C26H29N3O4/c1-2-8-25(30)28-21-15-13-20(14-16-21)27-19-26(31)29-23-11-6-7-12-24(23)33-18-17-32-22-9-4-3-5-10-22/h3-7,9-16,27H,2,8,17-19H2,1H3,(H,28,30)(H,29,31). The quantitative estimate of drug-likeness (QED) is 0.343. The summed E-state index contributed by atoms with van der Waals surface area (Å²) < 4.78 is 11.4. The van der Waals surface area contributed by atoms with Crippen LogP contribution in [0.3, 0.4) is 0 Å². The third-order valence-electron chi connectivity index (χ3n) is 4.61. The van der Waals surface area contributed by atoms with Gasteiger partial charge < -0.3 is 25.4 Å². The predicted octanol–water partition coefficient (Wildman–Crippen LogP) is 4.93. The highest BCUT2D eigenvalue weighted by molar-refractivity contribution is 5.95. The van der Waals surface area contributed by atoms with Gasteiger partial charge in [0.25, 0.3) is 0 Å². The lowest BCUT2D eigenvalue weighted by molar-refractivity contribution is -0.116. The van der Waals surface area contributed by atoms with Crippen molar-refractivity contribution < 1.29 is 19.1 Å². The van der Waals surface area contributed by atoms with Crippen LogP contribution in [0, 0.1) is 0 Å². The van der Waals surface area contributed by atoms with Gasteiger partial charge in [-0.05, 0) is 55.0 Å². The number of carbonyl (C=O) groups is 2. The first-order valence-corrected chi connectivity index (χ1v) is 11.0. The van der Waals surface area contributed by atoms with Crippen LogP contribution in [0.2, 0.25) is 0 Å². The highest BCUT2D eigenvalue weighted by Crippen LogP contribution is 2.24. The number of hydrogen-bond donors (Lipinski definition) is 3. The third-order valence-corrected chi connectivity index (χ3v) is 4.61. The van der Waals surface area contributed by atoms with E-state index in [1.165, 1.54) is 0 Å².